The quantitative estimate of drug-likeness (QED) is 0.648. The van der Waals surface area contributed by atoms with Crippen LogP contribution in [0.25, 0.3) is 0 Å². The normalized spacial score (nSPS) is 10.2. The molecule has 0 aliphatic rings. The minimum Gasteiger partial charge on any atom is -0.350 e. The molecule has 1 aromatic heterocycles. The summed E-state index contributed by atoms with van der Waals surface area (Å²) in [5.41, 5.74) is 1.86. The molecule has 0 unspecified atom stereocenters. The van der Waals surface area contributed by atoms with Gasteiger partial charge in [-0.05, 0) is 11.6 Å². The van der Waals surface area contributed by atoms with E-state index in [1.54, 1.807) is 26.5 Å². The molecule has 0 saturated heterocycles. The molecule has 0 fully saturated rings. The van der Waals surface area contributed by atoms with E-state index in [4.69, 9.17) is 9.47 Å². The summed E-state index contributed by atoms with van der Waals surface area (Å²) in [6.07, 6.45) is 1.21. The van der Waals surface area contributed by atoms with Crippen molar-refractivity contribution in [2.24, 2.45) is 0 Å². The molecule has 2 rings (SSSR count). The fourth-order valence-electron chi connectivity index (χ4n) is 1.70. The molecule has 0 spiro atoms. The van der Waals surface area contributed by atoms with Gasteiger partial charge in [0.1, 0.15) is 5.69 Å². The van der Waals surface area contributed by atoms with E-state index in [0.717, 1.165) is 0 Å². The predicted octanol–water partition coefficient (Wildman–Crippen LogP) is 2.00. The van der Waals surface area contributed by atoms with Crippen LogP contribution in [0.2, 0.25) is 0 Å². The van der Waals surface area contributed by atoms with Crippen molar-refractivity contribution >= 4 is 35.5 Å². The molecule has 5 nitrogen and oxygen atoms in total. The van der Waals surface area contributed by atoms with Crippen molar-refractivity contribution in [3.8, 4) is 0 Å². The van der Waals surface area contributed by atoms with E-state index in [2.05, 4.69) is 15.3 Å². The van der Waals surface area contributed by atoms with Gasteiger partial charge in [-0.3, -0.25) is 0 Å². The first-order chi connectivity index (χ1) is 9.33. The topological polar surface area (TPSA) is 56.3 Å². The average molecular weight is 282 g/mol. The Morgan fingerprint density at radius 3 is 2.45 bits per heavy atom. The van der Waals surface area contributed by atoms with Gasteiger partial charge in [-0.1, -0.05) is 30.3 Å². The van der Waals surface area contributed by atoms with Crippen molar-refractivity contribution in [1.29, 1.82) is 0 Å². The van der Waals surface area contributed by atoms with Gasteiger partial charge in [0.25, 0.3) is 0 Å². The molecule has 0 amide bonds. The Morgan fingerprint density at radius 1 is 1.10 bits per heavy atom. The Kier molecular flexibility index (Phi) is 7.72. The Morgan fingerprint density at radius 2 is 1.80 bits per heavy atom. The second-order valence-corrected chi connectivity index (χ2v) is 3.95. The van der Waals surface area contributed by atoms with Gasteiger partial charge in [-0.25, -0.2) is 9.97 Å². The summed E-state index contributed by atoms with van der Waals surface area (Å²) in [6.45, 7) is 0.676. The standard InChI is InChI=1S/C14H17N3O2.Na/c1-18-13(19-2)12-8-9-15-14(17-12)16-10-11-6-4-3-5-7-11;/h3-9,13H,10H2,1-2H3,(H,15,16,17);. The Labute approximate surface area is 141 Å². The summed E-state index contributed by atoms with van der Waals surface area (Å²) in [5.74, 6) is 0.556. The number of anilines is 1. The third kappa shape index (κ3) is 4.85. The van der Waals surface area contributed by atoms with Gasteiger partial charge in [-0.15, -0.1) is 0 Å². The van der Waals surface area contributed by atoms with Crippen molar-refractivity contribution < 1.29 is 9.47 Å². The van der Waals surface area contributed by atoms with Crippen molar-refractivity contribution in [2.75, 3.05) is 19.5 Å². The molecular formula is C14H17N3NaO2. The zero-order valence-corrected chi connectivity index (χ0v) is 14.0. The third-order valence-electron chi connectivity index (χ3n) is 2.64. The van der Waals surface area contributed by atoms with E-state index in [9.17, 15) is 0 Å². The van der Waals surface area contributed by atoms with Crippen molar-refractivity contribution in [1.82, 2.24) is 9.97 Å². The number of nitrogens with one attached hydrogen (secondary N) is 1. The average Bonchev–Trinajstić information content (AvgIpc) is 2.48. The molecule has 1 radical (unpaired) electrons. The van der Waals surface area contributed by atoms with E-state index < -0.39 is 6.29 Å². The van der Waals surface area contributed by atoms with Gasteiger partial charge < -0.3 is 14.8 Å². The Hall–Kier alpha value is -0.980. The van der Waals surface area contributed by atoms with Gasteiger partial charge >= 0.3 is 0 Å². The first kappa shape index (κ1) is 17.1. The smallest absolute Gasteiger partial charge is 0.223 e. The van der Waals surface area contributed by atoms with E-state index in [0.29, 0.717) is 18.2 Å². The van der Waals surface area contributed by atoms with Crippen LogP contribution in [-0.2, 0) is 16.0 Å². The van der Waals surface area contributed by atoms with Crippen LogP contribution in [0.3, 0.4) is 0 Å². The van der Waals surface area contributed by atoms with Crippen LogP contribution in [0, 0.1) is 0 Å². The number of rotatable bonds is 6. The summed E-state index contributed by atoms with van der Waals surface area (Å²) in [7, 11) is 3.15. The van der Waals surface area contributed by atoms with E-state index in [1.807, 2.05) is 30.3 Å². The molecule has 6 heteroatoms. The summed E-state index contributed by atoms with van der Waals surface area (Å²) in [5, 5.41) is 3.17. The zero-order valence-electron chi connectivity index (χ0n) is 12.0. The number of methoxy groups -OCH3 is 2. The van der Waals surface area contributed by atoms with E-state index in [1.165, 1.54) is 5.56 Å². The maximum atomic E-state index is 5.16. The minimum atomic E-state index is -0.472. The van der Waals surface area contributed by atoms with E-state index in [-0.39, 0.29) is 29.6 Å². The molecule has 0 saturated carbocycles. The fraction of sp³-hybridized carbons (Fsp3) is 0.286. The van der Waals surface area contributed by atoms with Gasteiger partial charge in [0.05, 0.1) is 0 Å². The third-order valence-corrected chi connectivity index (χ3v) is 2.64. The van der Waals surface area contributed by atoms with Gasteiger partial charge in [0, 0.05) is 56.5 Å². The predicted molar refractivity (Wildman–Crippen MR) is 78.3 cm³/mol. The summed E-state index contributed by atoms with van der Waals surface area (Å²) < 4.78 is 10.3. The Bertz CT molecular complexity index is 507. The number of nitrogens with zero attached hydrogens (tertiary/aromatic N) is 2. The first-order valence-electron chi connectivity index (χ1n) is 6.00. The van der Waals surface area contributed by atoms with Crippen LogP contribution in [-0.4, -0.2) is 53.7 Å². The number of aromatic nitrogens is 2. The van der Waals surface area contributed by atoms with Crippen LogP contribution in [0.1, 0.15) is 17.5 Å². The number of hydrogen-bond donors (Lipinski definition) is 1. The molecular weight excluding hydrogens is 265 g/mol. The molecule has 101 valence electrons. The molecule has 0 aliphatic heterocycles. The summed E-state index contributed by atoms with van der Waals surface area (Å²) in [4.78, 5) is 8.53. The van der Waals surface area contributed by atoms with Gasteiger partial charge in [0.15, 0.2) is 0 Å². The van der Waals surface area contributed by atoms with Crippen molar-refractivity contribution in [2.45, 2.75) is 12.8 Å². The van der Waals surface area contributed by atoms with Crippen LogP contribution in [0.15, 0.2) is 42.6 Å². The maximum Gasteiger partial charge on any atom is 0.223 e. The monoisotopic (exact) mass is 282 g/mol. The number of benzene rings is 1. The van der Waals surface area contributed by atoms with Crippen LogP contribution in [0.5, 0.6) is 0 Å². The second kappa shape index (κ2) is 9.05. The zero-order chi connectivity index (χ0) is 13.5. The molecule has 1 aromatic carbocycles. The maximum absolute atomic E-state index is 5.16. The van der Waals surface area contributed by atoms with E-state index >= 15 is 0 Å². The molecule has 1 heterocycles. The molecule has 20 heavy (non-hydrogen) atoms. The first-order valence-corrected chi connectivity index (χ1v) is 6.00. The summed E-state index contributed by atoms with van der Waals surface area (Å²) >= 11 is 0. The molecule has 0 aliphatic carbocycles. The summed E-state index contributed by atoms with van der Waals surface area (Å²) in [6, 6.07) is 11.8. The molecule has 0 atom stereocenters. The fourth-order valence-corrected chi connectivity index (χ4v) is 1.70. The second-order valence-electron chi connectivity index (χ2n) is 3.95. The molecule has 0 bridgehead atoms. The number of ether oxygens (including phenoxy) is 2. The van der Waals surface area contributed by atoms with Crippen LogP contribution < -0.4 is 5.32 Å². The van der Waals surface area contributed by atoms with Crippen LogP contribution >= 0.6 is 0 Å². The SMILES string of the molecule is COC(OC)c1ccnc(NCc2ccccc2)n1.[Na]. The van der Waals surface area contributed by atoms with Crippen molar-refractivity contribution in [3.05, 3.63) is 53.9 Å². The van der Waals surface area contributed by atoms with Gasteiger partial charge in [0.2, 0.25) is 12.2 Å². The molecule has 1 N–H and O–H groups in total. The van der Waals surface area contributed by atoms with Crippen LogP contribution in [0.4, 0.5) is 5.95 Å². The largest absolute Gasteiger partial charge is 0.350 e. The van der Waals surface area contributed by atoms with Crippen molar-refractivity contribution in [3.63, 3.8) is 0 Å². The minimum absolute atomic E-state index is 0. The molecule has 2 aromatic rings. The Balaban J connectivity index is 0.00000200. The number of hydrogen-bond acceptors (Lipinski definition) is 5. The van der Waals surface area contributed by atoms with Gasteiger partial charge in [-0.2, -0.15) is 0 Å².